The summed E-state index contributed by atoms with van der Waals surface area (Å²) < 4.78 is 5.38. The Labute approximate surface area is 157 Å². The van der Waals surface area contributed by atoms with Crippen molar-refractivity contribution in [2.45, 2.75) is 32.1 Å². The maximum Gasteiger partial charge on any atom is 0.220 e. The van der Waals surface area contributed by atoms with Gasteiger partial charge in [-0.15, -0.1) is 24.8 Å². The van der Waals surface area contributed by atoms with E-state index in [4.69, 9.17) is 4.74 Å². The number of halogens is 2. The normalized spacial score (nSPS) is 17.1. The van der Waals surface area contributed by atoms with Crippen molar-refractivity contribution >= 4 is 30.7 Å². The SMILES string of the molecule is COCC1(CNC(=O)CC(C)c2cccnc2)CCNCC1.Cl.Cl. The number of ether oxygens (including phenoxy) is 1. The minimum atomic E-state index is 0. The topological polar surface area (TPSA) is 63.2 Å². The number of carbonyl (C=O) groups excluding carboxylic acids is 1. The van der Waals surface area contributed by atoms with E-state index in [-0.39, 0.29) is 42.1 Å². The van der Waals surface area contributed by atoms with Crippen molar-refractivity contribution in [1.82, 2.24) is 15.6 Å². The Bertz CT molecular complexity index is 463. The molecule has 1 aliphatic rings. The monoisotopic (exact) mass is 377 g/mol. The zero-order valence-electron chi connectivity index (χ0n) is 14.4. The van der Waals surface area contributed by atoms with Crippen molar-refractivity contribution < 1.29 is 9.53 Å². The molecule has 7 heteroatoms. The van der Waals surface area contributed by atoms with Gasteiger partial charge >= 0.3 is 0 Å². The molecule has 1 saturated heterocycles. The Morgan fingerprint density at radius 2 is 2.12 bits per heavy atom. The second-order valence-corrected chi connectivity index (χ2v) is 6.35. The number of pyridine rings is 1. The summed E-state index contributed by atoms with van der Waals surface area (Å²) >= 11 is 0. The summed E-state index contributed by atoms with van der Waals surface area (Å²) in [6.07, 6.45) is 6.16. The van der Waals surface area contributed by atoms with Crippen LogP contribution >= 0.6 is 24.8 Å². The quantitative estimate of drug-likeness (QED) is 0.766. The van der Waals surface area contributed by atoms with E-state index in [1.165, 1.54) is 0 Å². The second-order valence-electron chi connectivity index (χ2n) is 6.35. The van der Waals surface area contributed by atoms with Gasteiger partial charge in [0, 0.05) is 37.9 Å². The first-order valence-corrected chi connectivity index (χ1v) is 8.01. The van der Waals surface area contributed by atoms with Crippen molar-refractivity contribution in [2.75, 3.05) is 33.4 Å². The third-order valence-electron chi connectivity index (χ3n) is 4.52. The molecule has 0 radical (unpaired) electrons. The summed E-state index contributed by atoms with van der Waals surface area (Å²) in [5, 5.41) is 6.48. The predicted octanol–water partition coefficient (Wildman–Crippen LogP) is 2.55. The molecule has 0 bridgehead atoms. The Kier molecular flexibility index (Phi) is 11.2. The molecule has 1 unspecified atom stereocenters. The minimum Gasteiger partial charge on any atom is -0.384 e. The smallest absolute Gasteiger partial charge is 0.220 e. The maximum atomic E-state index is 12.2. The van der Waals surface area contributed by atoms with Crippen LogP contribution in [0.3, 0.4) is 0 Å². The molecule has 0 aromatic carbocycles. The summed E-state index contributed by atoms with van der Waals surface area (Å²) in [7, 11) is 1.73. The Morgan fingerprint density at radius 1 is 1.42 bits per heavy atom. The van der Waals surface area contributed by atoms with Gasteiger partial charge in [-0.05, 0) is 43.5 Å². The molecule has 1 aliphatic heterocycles. The fourth-order valence-electron chi connectivity index (χ4n) is 3.06. The highest BCUT2D eigenvalue weighted by atomic mass is 35.5. The molecule has 1 fully saturated rings. The van der Waals surface area contributed by atoms with Gasteiger partial charge < -0.3 is 15.4 Å². The number of nitrogens with one attached hydrogen (secondary N) is 2. The molecule has 24 heavy (non-hydrogen) atoms. The number of methoxy groups -OCH3 is 1. The Morgan fingerprint density at radius 3 is 2.71 bits per heavy atom. The summed E-state index contributed by atoms with van der Waals surface area (Å²) in [6.45, 7) is 5.44. The first-order valence-electron chi connectivity index (χ1n) is 8.01. The number of hydrogen-bond donors (Lipinski definition) is 2. The first kappa shape index (κ1) is 23.1. The van der Waals surface area contributed by atoms with E-state index in [1.807, 2.05) is 18.3 Å². The molecular weight excluding hydrogens is 349 g/mol. The lowest BCUT2D eigenvalue weighted by Crippen LogP contribution is -2.47. The molecule has 1 atom stereocenters. The van der Waals surface area contributed by atoms with Crippen molar-refractivity contribution in [3.8, 4) is 0 Å². The standard InChI is InChI=1S/C17H27N3O2.2ClH/c1-14(15-4-3-7-19-11-15)10-16(21)20-12-17(13-22-2)5-8-18-9-6-17;;/h3-4,7,11,14,18H,5-6,8-10,12-13H2,1-2H3,(H,20,21);2*1H. The molecule has 1 aromatic rings. The van der Waals surface area contributed by atoms with Crippen LogP contribution in [0.25, 0.3) is 0 Å². The fourth-order valence-corrected chi connectivity index (χ4v) is 3.06. The van der Waals surface area contributed by atoms with E-state index < -0.39 is 0 Å². The highest BCUT2D eigenvalue weighted by molar-refractivity contribution is 5.85. The Hall–Kier alpha value is -0.880. The van der Waals surface area contributed by atoms with Gasteiger partial charge in [-0.3, -0.25) is 9.78 Å². The average molecular weight is 378 g/mol. The van der Waals surface area contributed by atoms with Gasteiger partial charge in [-0.1, -0.05) is 13.0 Å². The summed E-state index contributed by atoms with van der Waals surface area (Å²) in [6, 6.07) is 3.93. The van der Waals surface area contributed by atoms with Crippen LogP contribution in [0.4, 0.5) is 0 Å². The molecule has 0 saturated carbocycles. The van der Waals surface area contributed by atoms with Gasteiger partial charge in [0.05, 0.1) is 6.61 Å². The maximum absolute atomic E-state index is 12.2. The number of rotatable bonds is 7. The molecule has 2 N–H and O–H groups in total. The third kappa shape index (κ3) is 6.93. The van der Waals surface area contributed by atoms with Crippen LogP contribution in [0.5, 0.6) is 0 Å². The van der Waals surface area contributed by atoms with Gasteiger partial charge in [-0.2, -0.15) is 0 Å². The van der Waals surface area contributed by atoms with E-state index >= 15 is 0 Å². The number of piperidine rings is 1. The van der Waals surface area contributed by atoms with Crippen LogP contribution in [0.1, 0.15) is 37.7 Å². The van der Waals surface area contributed by atoms with Crippen LogP contribution in [-0.4, -0.2) is 44.2 Å². The Balaban J connectivity index is 0.00000264. The molecule has 0 spiro atoms. The fraction of sp³-hybridized carbons (Fsp3) is 0.647. The van der Waals surface area contributed by atoms with Crippen LogP contribution < -0.4 is 10.6 Å². The van der Waals surface area contributed by atoms with Crippen molar-refractivity contribution in [3.05, 3.63) is 30.1 Å². The summed E-state index contributed by atoms with van der Waals surface area (Å²) in [4.78, 5) is 16.3. The van der Waals surface area contributed by atoms with E-state index in [9.17, 15) is 4.79 Å². The van der Waals surface area contributed by atoms with E-state index in [2.05, 4.69) is 22.5 Å². The lowest BCUT2D eigenvalue weighted by Gasteiger charge is -2.37. The van der Waals surface area contributed by atoms with Gasteiger partial charge in [0.2, 0.25) is 5.91 Å². The van der Waals surface area contributed by atoms with E-state index in [0.29, 0.717) is 19.6 Å². The zero-order valence-corrected chi connectivity index (χ0v) is 16.0. The molecule has 5 nitrogen and oxygen atoms in total. The molecule has 138 valence electrons. The number of aromatic nitrogens is 1. The van der Waals surface area contributed by atoms with Gasteiger partial charge in [0.25, 0.3) is 0 Å². The van der Waals surface area contributed by atoms with Crippen molar-refractivity contribution in [3.63, 3.8) is 0 Å². The zero-order chi connectivity index (χ0) is 15.8. The lowest BCUT2D eigenvalue weighted by atomic mass is 9.79. The van der Waals surface area contributed by atoms with E-state index in [0.717, 1.165) is 31.5 Å². The van der Waals surface area contributed by atoms with Gasteiger partial charge in [0.1, 0.15) is 0 Å². The predicted molar refractivity (Wildman–Crippen MR) is 101 cm³/mol. The molecule has 2 heterocycles. The highest BCUT2D eigenvalue weighted by Crippen LogP contribution is 2.28. The van der Waals surface area contributed by atoms with Crippen LogP contribution in [0.15, 0.2) is 24.5 Å². The highest BCUT2D eigenvalue weighted by Gasteiger charge is 2.32. The number of carbonyl (C=O) groups is 1. The van der Waals surface area contributed by atoms with Crippen molar-refractivity contribution in [2.24, 2.45) is 5.41 Å². The molecule has 0 aliphatic carbocycles. The molecule has 1 aromatic heterocycles. The van der Waals surface area contributed by atoms with E-state index in [1.54, 1.807) is 13.3 Å². The van der Waals surface area contributed by atoms with Crippen molar-refractivity contribution in [1.29, 1.82) is 0 Å². The summed E-state index contributed by atoms with van der Waals surface area (Å²) in [5.74, 6) is 0.283. The number of amides is 1. The van der Waals surface area contributed by atoms with Gasteiger partial charge in [0.15, 0.2) is 0 Å². The second kappa shape index (κ2) is 11.6. The molecular formula is C17H29Cl2N3O2. The third-order valence-corrected chi connectivity index (χ3v) is 4.52. The minimum absolute atomic E-state index is 0. The van der Waals surface area contributed by atoms with Gasteiger partial charge in [-0.25, -0.2) is 0 Å². The number of nitrogens with zero attached hydrogens (tertiary/aromatic N) is 1. The lowest BCUT2D eigenvalue weighted by molar-refractivity contribution is -0.122. The summed E-state index contributed by atoms with van der Waals surface area (Å²) in [5.41, 5.74) is 1.18. The average Bonchev–Trinajstić information content (AvgIpc) is 2.55. The number of hydrogen-bond acceptors (Lipinski definition) is 4. The largest absolute Gasteiger partial charge is 0.384 e. The first-order chi connectivity index (χ1) is 10.7. The van der Waals surface area contributed by atoms with Crippen LogP contribution in [-0.2, 0) is 9.53 Å². The molecule has 2 rings (SSSR count). The van der Waals surface area contributed by atoms with Crippen LogP contribution in [0, 0.1) is 5.41 Å². The van der Waals surface area contributed by atoms with Crippen LogP contribution in [0.2, 0.25) is 0 Å². The molecule has 1 amide bonds.